The Kier molecular flexibility index (Phi) is 5.86. The van der Waals surface area contributed by atoms with Crippen LogP contribution >= 0.6 is 23.2 Å². The van der Waals surface area contributed by atoms with Gasteiger partial charge in [0.25, 0.3) is 11.7 Å². The van der Waals surface area contributed by atoms with Gasteiger partial charge in [0.15, 0.2) is 0 Å². The number of hydrogen-bond donors (Lipinski definition) is 2. The van der Waals surface area contributed by atoms with Gasteiger partial charge in [0.1, 0.15) is 17.3 Å². The van der Waals surface area contributed by atoms with E-state index in [9.17, 15) is 19.8 Å². The average Bonchev–Trinajstić information content (AvgIpc) is 3.35. The molecule has 1 heterocycles. The fraction of sp³-hybridized carbons (Fsp3) is 0.304. The summed E-state index contributed by atoms with van der Waals surface area (Å²) in [4.78, 5) is 27.8. The van der Waals surface area contributed by atoms with E-state index >= 15 is 0 Å². The van der Waals surface area contributed by atoms with Gasteiger partial charge in [-0.25, -0.2) is 0 Å². The van der Waals surface area contributed by atoms with Crippen LogP contribution in [0.3, 0.4) is 0 Å². The smallest absolute Gasteiger partial charge is 0.295 e. The van der Waals surface area contributed by atoms with Gasteiger partial charge in [0.05, 0.1) is 29.3 Å². The molecule has 31 heavy (non-hydrogen) atoms. The van der Waals surface area contributed by atoms with Crippen LogP contribution in [-0.4, -0.2) is 40.0 Å². The molecule has 6 nitrogen and oxygen atoms in total. The molecule has 1 aliphatic carbocycles. The van der Waals surface area contributed by atoms with Crippen LogP contribution in [0.2, 0.25) is 10.0 Å². The minimum absolute atomic E-state index is 0.0563. The van der Waals surface area contributed by atoms with E-state index in [1.165, 1.54) is 31.4 Å². The van der Waals surface area contributed by atoms with Crippen molar-refractivity contribution >= 4 is 40.7 Å². The number of aromatic hydroxyl groups is 1. The van der Waals surface area contributed by atoms with E-state index in [1.807, 2.05) is 0 Å². The van der Waals surface area contributed by atoms with Gasteiger partial charge in [-0.2, -0.15) is 0 Å². The van der Waals surface area contributed by atoms with Gasteiger partial charge < -0.3 is 19.8 Å². The Morgan fingerprint density at radius 2 is 1.74 bits per heavy atom. The van der Waals surface area contributed by atoms with Crippen LogP contribution in [0.15, 0.2) is 42.0 Å². The number of Topliss-reactive ketones (excluding diaryl/α,β-unsaturated/α-hetero) is 1. The molecule has 0 bridgehead atoms. The molecule has 1 aliphatic heterocycles. The molecule has 1 saturated heterocycles. The largest absolute Gasteiger partial charge is 0.508 e. The topological polar surface area (TPSA) is 87.1 Å². The molecule has 1 unspecified atom stereocenters. The van der Waals surface area contributed by atoms with Crippen LogP contribution in [-0.2, 0) is 9.59 Å². The van der Waals surface area contributed by atoms with E-state index in [0.717, 1.165) is 25.7 Å². The molecule has 0 radical (unpaired) electrons. The summed E-state index contributed by atoms with van der Waals surface area (Å²) in [5.41, 5.74) is 0.685. The van der Waals surface area contributed by atoms with Crippen molar-refractivity contribution in [2.45, 2.75) is 37.8 Å². The lowest BCUT2D eigenvalue weighted by molar-refractivity contribution is -0.141. The molecule has 1 atom stereocenters. The van der Waals surface area contributed by atoms with Crippen molar-refractivity contribution in [3.8, 4) is 11.5 Å². The number of aliphatic hydroxyl groups is 1. The van der Waals surface area contributed by atoms with Crippen molar-refractivity contribution in [1.82, 2.24) is 4.90 Å². The Balaban J connectivity index is 1.95. The number of nitrogens with zero attached hydrogens (tertiary/aromatic N) is 1. The maximum absolute atomic E-state index is 13.1. The minimum atomic E-state index is -0.800. The molecular formula is C23H21Cl2NO5. The molecule has 8 heteroatoms. The Labute approximate surface area is 189 Å². The summed E-state index contributed by atoms with van der Waals surface area (Å²) in [7, 11) is 1.39. The first-order chi connectivity index (χ1) is 14.8. The van der Waals surface area contributed by atoms with Gasteiger partial charge in [-0.1, -0.05) is 48.2 Å². The van der Waals surface area contributed by atoms with Crippen LogP contribution in [0.5, 0.6) is 11.5 Å². The Morgan fingerprint density at radius 3 is 2.35 bits per heavy atom. The lowest BCUT2D eigenvalue weighted by Gasteiger charge is -2.30. The Morgan fingerprint density at radius 1 is 1.10 bits per heavy atom. The number of ether oxygens (including phenoxy) is 1. The van der Waals surface area contributed by atoms with Crippen LogP contribution in [0, 0.1) is 0 Å². The average molecular weight is 462 g/mol. The minimum Gasteiger partial charge on any atom is -0.508 e. The molecule has 2 fully saturated rings. The molecule has 0 spiro atoms. The predicted molar refractivity (Wildman–Crippen MR) is 118 cm³/mol. The molecule has 2 N–H and O–H groups in total. The second kappa shape index (κ2) is 8.44. The summed E-state index contributed by atoms with van der Waals surface area (Å²) in [5.74, 6) is -1.62. The fourth-order valence-corrected chi connectivity index (χ4v) is 5.05. The number of halogens is 2. The highest BCUT2D eigenvalue weighted by molar-refractivity contribution is 6.47. The SMILES string of the molecule is COc1c(Cl)cc(Cl)cc1/C(O)=C1\C(=O)C(=O)N(C2CCCC2)C1c1ccc(O)cc1. The quantitative estimate of drug-likeness (QED) is 0.376. The monoisotopic (exact) mass is 461 g/mol. The van der Waals surface area contributed by atoms with Crippen molar-refractivity contribution in [3.05, 3.63) is 63.1 Å². The number of carbonyl (C=O) groups excluding carboxylic acids is 2. The van der Waals surface area contributed by atoms with E-state index < -0.39 is 23.5 Å². The number of benzene rings is 2. The first kappa shape index (κ1) is 21.5. The van der Waals surface area contributed by atoms with E-state index in [2.05, 4.69) is 0 Å². The summed E-state index contributed by atoms with van der Waals surface area (Å²) in [5, 5.41) is 21.4. The first-order valence-corrected chi connectivity index (χ1v) is 10.7. The zero-order valence-electron chi connectivity index (χ0n) is 16.8. The Hall–Kier alpha value is -2.70. The number of methoxy groups -OCH3 is 1. The number of hydrogen-bond acceptors (Lipinski definition) is 5. The number of phenols is 1. The second-order valence-corrected chi connectivity index (χ2v) is 8.55. The number of aliphatic hydroxyl groups excluding tert-OH is 1. The van der Waals surface area contributed by atoms with Crippen molar-refractivity contribution in [2.75, 3.05) is 7.11 Å². The zero-order chi connectivity index (χ0) is 22.3. The number of rotatable bonds is 4. The lowest BCUT2D eigenvalue weighted by atomic mass is 9.94. The van der Waals surface area contributed by atoms with Crippen molar-refractivity contribution in [1.29, 1.82) is 0 Å². The number of carbonyl (C=O) groups is 2. The van der Waals surface area contributed by atoms with E-state index in [1.54, 1.807) is 17.0 Å². The van der Waals surface area contributed by atoms with E-state index in [4.69, 9.17) is 27.9 Å². The van der Waals surface area contributed by atoms with Crippen molar-refractivity contribution in [3.63, 3.8) is 0 Å². The molecule has 1 amide bonds. The fourth-order valence-electron chi connectivity index (χ4n) is 4.48. The van der Waals surface area contributed by atoms with E-state index in [0.29, 0.717) is 5.56 Å². The summed E-state index contributed by atoms with van der Waals surface area (Å²) in [6, 6.07) is 8.26. The molecule has 0 aromatic heterocycles. The summed E-state index contributed by atoms with van der Waals surface area (Å²) in [6.07, 6.45) is 3.50. The molecule has 4 rings (SSSR count). The molecular weight excluding hydrogens is 441 g/mol. The van der Waals surface area contributed by atoms with Gasteiger partial charge in [-0.3, -0.25) is 9.59 Å². The normalized spacial score (nSPS) is 21.1. The number of likely N-dealkylation sites (tertiary alicyclic amines) is 1. The van der Waals surface area contributed by atoms with Crippen LogP contribution < -0.4 is 4.74 Å². The maximum Gasteiger partial charge on any atom is 0.295 e. The van der Waals surface area contributed by atoms with Gasteiger partial charge in [0.2, 0.25) is 0 Å². The lowest BCUT2D eigenvalue weighted by Crippen LogP contribution is -2.37. The summed E-state index contributed by atoms with van der Waals surface area (Å²) >= 11 is 12.4. The Bertz CT molecular complexity index is 1070. The third kappa shape index (κ3) is 3.75. The number of phenolic OH excluding ortho intramolecular Hbond substituents is 1. The highest BCUT2D eigenvalue weighted by Crippen LogP contribution is 2.45. The van der Waals surface area contributed by atoms with Crippen LogP contribution in [0.25, 0.3) is 5.76 Å². The van der Waals surface area contributed by atoms with Crippen LogP contribution in [0.4, 0.5) is 0 Å². The van der Waals surface area contributed by atoms with Gasteiger partial charge in [-0.05, 0) is 42.7 Å². The number of ketones is 1. The van der Waals surface area contributed by atoms with Gasteiger partial charge in [-0.15, -0.1) is 0 Å². The maximum atomic E-state index is 13.1. The zero-order valence-corrected chi connectivity index (χ0v) is 18.3. The molecule has 2 aromatic rings. The standard InChI is InChI=1S/C23H21Cl2NO5/c1-31-22-16(10-13(24)11-17(22)25)20(28)18-19(12-6-8-15(27)9-7-12)26(23(30)21(18)29)14-4-2-3-5-14/h6-11,14,19,27-28H,2-5H2,1H3/b20-18+. The molecule has 162 valence electrons. The molecule has 2 aliphatic rings. The van der Waals surface area contributed by atoms with Crippen molar-refractivity contribution in [2.24, 2.45) is 0 Å². The van der Waals surface area contributed by atoms with E-state index in [-0.39, 0.29) is 38.7 Å². The summed E-state index contributed by atoms with van der Waals surface area (Å²) in [6.45, 7) is 0. The van der Waals surface area contributed by atoms with Crippen molar-refractivity contribution < 1.29 is 24.5 Å². The third-order valence-corrected chi connectivity index (χ3v) is 6.37. The second-order valence-electron chi connectivity index (χ2n) is 7.70. The van der Waals surface area contributed by atoms with Gasteiger partial charge >= 0.3 is 0 Å². The highest BCUT2D eigenvalue weighted by atomic mass is 35.5. The molecule has 2 aromatic carbocycles. The van der Waals surface area contributed by atoms with Gasteiger partial charge in [0, 0.05) is 11.1 Å². The third-order valence-electron chi connectivity index (χ3n) is 5.87. The molecule has 1 saturated carbocycles. The first-order valence-electron chi connectivity index (χ1n) is 9.96. The predicted octanol–water partition coefficient (Wildman–Crippen LogP) is 5.07. The number of amides is 1. The highest BCUT2D eigenvalue weighted by Gasteiger charge is 2.49. The van der Waals surface area contributed by atoms with Crippen LogP contribution in [0.1, 0.15) is 42.9 Å². The summed E-state index contributed by atoms with van der Waals surface area (Å²) < 4.78 is 5.33.